The van der Waals surface area contributed by atoms with Crippen LogP contribution in [0.2, 0.25) is 0 Å². The number of hydrogen-bond donors (Lipinski definition) is 1. The first kappa shape index (κ1) is 12.3. The van der Waals surface area contributed by atoms with Crippen molar-refractivity contribution in [2.45, 2.75) is 6.61 Å². The van der Waals surface area contributed by atoms with Gasteiger partial charge in [0.05, 0.1) is 0 Å². The van der Waals surface area contributed by atoms with Gasteiger partial charge in [-0.05, 0) is 17.7 Å². The molecule has 0 fully saturated rings. The van der Waals surface area contributed by atoms with E-state index < -0.39 is 5.63 Å². The van der Waals surface area contributed by atoms with Crippen LogP contribution in [0.15, 0.2) is 63.8 Å². The molecule has 4 nitrogen and oxygen atoms in total. The zero-order valence-corrected chi connectivity index (χ0v) is 10.7. The Morgan fingerprint density at radius 1 is 1.05 bits per heavy atom. The number of anilines is 1. The van der Waals surface area contributed by atoms with Crippen LogP contribution >= 0.6 is 0 Å². The number of benzene rings is 2. The summed E-state index contributed by atoms with van der Waals surface area (Å²) in [5.74, 6) is 0.634. The van der Waals surface area contributed by atoms with Crippen molar-refractivity contribution < 1.29 is 9.15 Å². The molecule has 4 heteroatoms. The van der Waals surface area contributed by atoms with Gasteiger partial charge in [0.1, 0.15) is 17.9 Å². The quantitative estimate of drug-likeness (QED) is 0.741. The van der Waals surface area contributed by atoms with Crippen LogP contribution in [0.3, 0.4) is 0 Å². The van der Waals surface area contributed by atoms with Crippen LogP contribution in [-0.4, -0.2) is 0 Å². The SMILES string of the molecule is Nc1cc(=O)oc2cc(OCc3ccccc3)ccc12. The summed E-state index contributed by atoms with van der Waals surface area (Å²) in [6.07, 6.45) is 0. The number of rotatable bonds is 3. The number of nitrogens with two attached hydrogens (primary N) is 1. The molecule has 0 aliphatic rings. The Hall–Kier alpha value is -2.75. The van der Waals surface area contributed by atoms with E-state index in [0.29, 0.717) is 29.0 Å². The first-order valence-electron chi connectivity index (χ1n) is 6.22. The molecule has 1 aromatic heterocycles. The minimum atomic E-state index is -0.463. The van der Waals surface area contributed by atoms with Gasteiger partial charge in [0.15, 0.2) is 0 Å². The van der Waals surface area contributed by atoms with E-state index in [0.717, 1.165) is 5.56 Å². The van der Waals surface area contributed by atoms with Gasteiger partial charge in [-0.3, -0.25) is 0 Å². The molecule has 20 heavy (non-hydrogen) atoms. The van der Waals surface area contributed by atoms with Gasteiger partial charge in [-0.15, -0.1) is 0 Å². The average molecular weight is 267 g/mol. The highest BCUT2D eigenvalue weighted by Gasteiger charge is 2.04. The van der Waals surface area contributed by atoms with Crippen molar-refractivity contribution in [3.05, 3.63) is 70.6 Å². The number of fused-ring (bicyclic) bond motifs is 1. The van der Waals surface area contributed by atoms with Gasteiger partial charge in [0.25, 0.3) is 0 Å². The van der Waals surface area contributed by atoms with Gasteiger partial charge in [0.2, 0.25) is 0 Å². The van der Waals surface area contributed by atoms with E-state index in [1.165, 1.54) is 6.07 Å². The van der Waals surface area contributed by atoms with Crippen molar-refractivity contribution in [1.82, 2.24) is 0 Å². The van der Waals surface area contributed by atoms with E-state index in [1.54, 1.807) is 12.1 Å². The second-order valence-electron chi connectivity index (χ2n) is 4.45. The monoisotopic (exact) mass is 267 g/mol. The summed E-state index contributed by atoms with van der Waals surface area (Å²) >= 11 is 0. The molecule has 0 amide bonds. The molecule has 0 spiro atoms. The molecule has 0 aliphatic heterocycles. The van der Waals surface area contributed by atoms with Gasteiger partial charge in [-0.1, -0.05) is 30.3 Å². The number of hydrogen-bond acceptors (Lipinski definition) is 4. The molecule has 0 saturated heterocycles. The second kappa shape index (κ2) is 5.09. The summed E-state index contributed by atoms with van der Waals surface area (Å²) in [6.45, 7) is 0.457. The average Bonchev–Trinajstić information content (AvgIpc) is 2.45. The molecule has 0 saturated carbocycles. The second-order valence-corrected chi connectivity index (χ2v) is 4.45. The molecule has 2 aromatic carbocycles. The third-order valence-corrected chi connectivity index (χ3v) is 3.00. The first-order valence-corrected chi connectivity index (χ1v) is 6.22. The van der Waals surface area contributed by atoms with E-state index in [-0.39, 0.29) is 0 Å². The molecule has 3 aromatic rings. The zero-order chi connectivity index (χ0) is 13.9. The Kier molecular flexibility index (Phi) is 3.13. The highest BCUT2D eigenvalue weighted by atomic mass is 16.5. The topological polar surface area (TPSA) is 65.5 Å². The standard InChI is InChI=1S/C16H13NO3/c17-14-9-16(18)20-15-8-12(6-7-13(14)15)19-10-11-4-2-1-3-5-11/h1-9H,10,17H2. The first-order chi connectivity index (χ1) is 9.72. The Morgan fingerprint density at radius 3 is 2.65 bits per heavy atom. The van der Waals surface area contributed by atoms with Crippen molar-refractivity contribution in [2.24, 2.45) is 0 Å². The molecule has 3 rings (SSSR count). The van der Waals surface area contributed by atoms with E-state index in [1.807, 2.05) is 36.4 Å². The largest absolute Gasteiger partial charge is 0.489 e. The summed E-state index contributed by atoms with van der Waals surface area (Å²) in [5, 5.41) is 0.705. The van der Waals surface area contributed by atoms with E-state index in [4.69, 9.17) is 14.9 Å². The van der Waals surface area contributed by atoms with Crippen LogP contribution in [0, 0.1) is 0 Å². The van der Waals surface area contributed by atoms with Crippen LogP contribution in [0.5, 0.6) is 5.75 Å². The third-order valence-electron chi connectivity index (χ3n) is 3.00. The predicted octanol–water partition coefficient (Wildman–Crippen LogP) is 2.95. The van der Waals surface area contributed by atoms with Gasteiger partial charge in [-0.25, -0.2) is 4.79 Å². The smallest absolute Gasteiger partial charge is 0.338 e. The maximum atomic E-state index is 11.3. The molecular weight excluding hydrogens is 254 g/mol. The zero-order valence-electron chi connectivity index (χ0n) is 10.7. The summed E-state index contributed by atoms with van der Waals surface area (Å²) in [5.41, 5.74) is 7.22. The fourth-order valence-corrected chi connectivity index (χ4v) is 2.00. The predicted molar refractivity (Wildman–Crippen MR) is 77.7 cm³/mol. The molecule has 100 valence electrons. The minimum Gasteiger partial charge on any atom is -0.489 e. The lowest BCUT2D eigenvalue weighted by molar-refractivity contribution is 0.306. The van der Waals surface area contributed by atoms with E-state index in [9.17, 15) is 4.79 Å². The highest BCUT2D eigenvalue weighted by molar-refractivity contribution is 5.89. The molecule has 0 unspecified atom stereocenters. The third kappa shape index (κ3) is 2.49. The molecule has 0 atom stereocenters. The van der Waals surface area contributed by atoms with Crippen molar-refractivity contribution in [3.8, 4) is 5.75 Å². The van der Waals surface area contributed by atoms with Gasteiger partial charge in [-0.2, -0.15) is 0 Å². The normalized spacial score (nSPS) is 10.6. The van der Waals surface area contributed by atoms with Crippen molar-refractivity contribution in [1.29, 1.82) is 0 Å². The van der Waals surface area contributed by atoms with Crippen LogP contribution in [0.1, 0.15) is 5.56 Å². The van der Waals surface area contributed by atoms with Crippen LogP contribution in [-0.2, 0) is 6.61 Å². The van der Waals surface area contributed by atoms with Crippen molar-refractivity contribution in [2.75, 3.05) is 5.73 Å². The Labute approximate surface area is 115 Å². The van der Waals surface area contributed by atoms with Crippen LogP contribution in [0.25, 0.3) is 11.0 Å². The molecule has 0 radical (unpaired) electrons. The molecule has 0 bridgehead atoms. The Morgan fingerprint density at radius 2 is 1.85 bits per heavy atom. The molecule has 2 N–H and O–H groups in total. The molecule has 0 aliphatic carbocycles. The Bertz CT molecular complexity index is 794. The van der Waals surface area contributed by atoms with Gasteiger partial charge >= 0.3 is 5.63 Å². The molecule has 1 heterocycles. The summed E-state index contributed by atoms with van der Waals surface area (Å²) < 4.78 is 10.8. The Balaban J connectivity index is 1.88. The lowest BCUT2D eigenvalue weighted by atomic mass is 10.2. The lowest BCUT2D eigenvalue weighted by Crippen LogP contribution is -2.01. The van der Waals surface area contributed by atoms with Gasteiger partial charge < -0.3 is 14.9 Å². The summed E-state index contributed by atoms with van der Waals surface area (Å²) in [6, 6.07) is 16.4. The van der Waals surface area contributed by atoms with Crippen LogP contribution in [0.4, 0.5) is 5.69 Å². The summed E-state index contributed by atoms with van der Waals surface area (Å²) in [4.78, 5) is 11.3. The fraction of sp³-hybridized carbons (Fsp3) is 0.0625. The van der Waals surface area contributed by atoms with Crippen molar-refractivity contribution in [3.63, 3.8) is 0 Å². The summed E-state index contributed by atoms with van der Waals surface area (Å²) in [7, 11) is 0. The van der Waals surface area contributed by atoms with Crippen LogP contribution < -0.4 is 16.1 Å². The van der Waals surface area contributed by atoms with Gasteiger partial charge in [0, 0.05) is 23.2 Å². The minimum absolute atomic E-state index is 0.408. The number of ether oxygens (including phenoxy) is 1. The fourth-order valence-electron chi connectivity index (χ4n) is 2.00. The van der Waals surface area contributed by atoms with E-state index >= 15 is 0 Å². The van der Waals surface area contributed by atoms with E-state index in [2.05, 4.69) is 0 Å². The highest BCUT2D eigenvalue weighted by Crippen LogP contribution is 2.24. The lowest BCUT2D eigenvalue weighted by Gasteiger charge is -2.07. The number of nitrogen functional groups attached to an aromatic ring is 1. The maximum Gasteiger partial charge on any atom is 0.338 e. The maximum absolute atomic E-state index is 11.3. The molecular formula is C16H13NO3. The van der Waals surface area contributed by atoms with Crippen molar-refractivity contribution >= 4 is 16.7 Å².